The van der Waals surface area contributed by atoms with Crippen LogP contribution in [0.1, 0.15) is 0 Å². The van der Waals surface area contributed by atoms with Crippen LogP contribution in [0.5, 0.6) is 0 Å². The highest BCUT2D eigenvalue weighted by Gasteiger charge is 2.22. The van der Waals surface area contributed by atoms with Gasteiger partial charge >= 0.3 is 0 Å². The van der Waals surface area contributed by atoms with Crippen LogP contribution >= 0.6 is 0 Å². The summed E-state index contributed by atoms with van der Waals surface area (Å²) < 4.78 is 8.94. The minimum atomic E-state index is 0.859. The van der Waals surface area contributed by atoms with Crippen molar-refractivity contribution in [2.75, 3.05) is 9.80 Å². The summed E-state index contributed by atoms with van der Waals surface area (Å²) >= 11 is 0. The summed E-state index contributed by atoms with van der Waals surface area (Å²) in [6.07, 6.45) is 0. The molecule has 0 atom stereocenters. The molecule has 0 saturated heterocycles. The van der Waals surface area contributed by atoms with Gasteiger partial charge in [0.25, 0.3) is 0 Å². The standard InChI is InChI=1S/C48H33N3O/c1-4-16-34(17-5-1)49(39-30-31-45-43(33-39)40-24-10-12-27-44(40)51(45)36-20-8-3-9-21-36)37-22-14-23-38(32-37)50(35-18-6-2-7-19-35)46-28-15-26-42-41-25-11-13-29-47(41)52-48(42)46/h1-33H. The fraction of sp³-hybridized carbons (Fsp3) is 0. The van der Waals surface area contributed by atoms with Crippen LogP contribution in [0.25, 0.3) is 49.4 Å². The molecule has 0 aliphatic carbocycles. The highest BCUT2D eigenvalue weighted by molar-refractivity contribution is 6.12. The number of furan rings is 1. The molecule has 0 spiro atoms. The van der Waals surface area contributed by atoms with Crippen molar-refractivity contribution in [3.63, 3.8) is 0 Å². The summed E-state index contributed by atoms with van der Waals surface area (Å²) in [4.78, 5) is 4.65. The van der Waals surface area contributed by atoms with E-state index >= 15 is 0 Å². The predicted molar refractivity (Wildman–Crippen MR) is 217 cm³/mol. The maximum atomic E-state index is 6.58. The van der Waals surface area contributed by atoms with Gasteiger partial charge in [0.1, 0.15) is 5.58 Å². The lowest BCUT2D eigenvalue weighted by molar-refractivity contribution is 0.669. The Bertz CT molecular complexity index is 2860. The van der Waals surface area contributed by atoms with Gasteiger partial charge < -0.3 is 18.8 Å². The van der Waals surface area contributed by atoms with Crippen molar-refractivity contribution in [2.24, 2.45) is 0 Å². The lowest BCUT2D eigenvalue weighted by Gasteiger charge is -2.29. The Kier molecular flexibility index (Phi) is 7.10. The lowest BCUT2D eigenvalue weighted by Crippen LogP contribution is -2.13. The van der Waals surface area contributed by atoms with E-state index in [1.807, 2.05) is 12.1 Å². The van der Waals surface area contributed by atoms with E-state index in [1.165, 1.54) is 21.8 Å². The molecule has 0 aliphatic heterocycles. The summed E-state index contributed by atoms with van der Waals surface area (Å²) in [6, 6.07) is 70.8. The molecule has 0 unspecified atom stereocenters. The lowest BCUT2D eigenvalue weighted by atomic mass is 10.1. The van der Waals surface area contributed by atoms with Crippen molar-refractivity contribution < 1.29 is 4.42 Å². The average Bonchev–Trinajstić information content (AvgIpc) is 3.76. The van der Waals surface area contributed by atoms with Crippen molar-refractivity contribution in [1.29, 1.82) is 0 Å². The number of fused-ring (bicyclic) bond motifs is 6. The molecule has 2 aromatic heterocycles. The van der Waals surface area contributed by atoms with E-state index in [4.69, 9.17) is 4.42 Å². The van der Waals surface area contributed by atoms with E-state index in [0.29, 0.717) is 0 Å². The van der Waals surface area contributed by atoms with E-state index in [-0.39, 0.29) is 0 Å². The van der Waals surface area contributed by atoms with E-state index in [0.717, 1.165) is 61.8 Å². The van der Waals surface area contributed by atoms with Crippen molar-refractivity contribution in [1.82, 2.24) is 4.57 Å². The number of nitrogens with zero attached hydrogens (tertiary/aromatic N) is 3. The maximum absolute atomic E-state index is 6.58. The fourth-order valence-electron chi connectivity index (χ4n) is 7.66. The van der Waals surface area contributed by atoms with Crippen molar-refractivity contribution in [3.05, 3.63) is 200 Å². The van der Waals surface area contributed by atoms with Gasteiger partial charge in [-0.1, -0.05) is 109 Å². The van der Waals surface area contributed by atoms with Crippen LogP contribution in [-0.2, 0) is 0 Å². The summed E-state index contributed by atoms with van der Waals surface area (Å²) in [5.41, 5.74) is 11.5. The molecule has 0 amide bonds. The van der Waals surface area contributed by atoms with Gasteiger partial charge in [0.2, 0.25) is 0 Å². The minimum Gasteiger partial charge on any atom is -0.454 e. The van der Waals surface area contributed by atoms with Crippen LogP contribution in [0, 0.1) is 0 Å². The van der Waals surface area contributed by atoms with Gasteiger partial charge in [-0.25, -0.2) is 0 Å². The zero-order chi connectivity index (χ0) is 34.4. The Hall–Kier alpha value is -7.04. The number of anilines is 6. The van der Waals surface area contributed by atoms with Gasteiger partial charge in [0.05, 0.1) is 16.7 Å². The molecule has 0 saturated carbocycles. The van der Waals surface area contributed by atoms with E-state index < -0.39 is 0 Å². The summed E-state index contributed by atoms with van der Waals surface area (Å²) in [5, 5.41) is 4.63. The van der Waals surface area contributed by atoms with Gasteiger partial charge in [0, 0.05) is 55.7 Å². The quantitative estimate of drug-likeness (QED) is 0.169. The minimum absolute atomic E-state index is 0.859. The number of aromatic nitrogens is 1. The van der Waals surface area contributed by atoms with Gasteiger partial charge in [-0.15, -0.1) is 0 Å². The second-order valence-corrected chi connectivity index (χ2v) is 13.0. The van der Waals surface area contributed by atoms with Crippen LogP contribution in [0.15, 0.2) is 205 Å². The molecule has 0 N–H and O–H groups in total. The number of benzene rings is 8. The first-order valence-electron chi connectivity index (χ1n) is 17.6. The molecule has 52 heavy (non-hydrogen) atoms. The molecule has 10 aromatic rings. The monoisotopic (exact) mass is 667 g/mol. The maximum Gasteiger partial charge on any atom is 0.159 e. The molecular weight excluding hydrogens is 635 g/mol. The molecule has 0 aliphatic rings. The smallest absolute Gasteiger partial charge is 0.159 e. The summed E-state index contributed by atoms with van der Waals surface area (Å²) in [7, 11) is 0. The molecule has 2 heterocycles. The van der Waals surface area contributed by atoms with Gasteiger partial charge in [-0.05, 0) is 91.0 Å². The Morgan fingerprint density at radius 1 is 0.346 bits per heavy atom. The first-order valence-corrected chi connectivity index (χ1v) is 17.6. The first kappa shape index (κ1) is 29.8. The van der Waals surface area contributed by atoms with Gasteiger partial charge in [0.15, 0.2) is 5.58 Å². The first-order chi connectivity index (χ1) is 25.8. The van der Waals surface area contributed by atoms with Crippen LogP contribution < -0.4 is 9.80 Å². The molecule has 0 radical (unpaired) electrons. The predicted octanol–water partition coefficient (Wildman–Crippen LogP) is 13.6. The topological polar surface area (TPSA) is 24.6 Å². The normalized spacial score (nSPS) is 11.5. The number of para-hydroxylation sites is 6. The van der Waals surface area contributed by atoms with Crippen molar-refractivity contribution in [2.45, 2.75) is 0 Å². The average molecular weight is 668 g/mol. The van der Waals surface area contributed by atoms with Crippen LogP contribution in [0.3, 0.4) is 0 Å². The third kappa shape index (κ3) is 4.92. The van der Waals surface area contributed by atoms with Gasteiger partial charge in [-0.2, -0.15) is 0 Å². The third-order valence-electron chi connectivity index (χ3n) is 9.93. The highest BCUT2D eigenvalue weighted by atomic mass is 16.3. The van der Waals surface area contributed by atoms with E-state index in [1.54, 1.807) is 0 Å². The van der Waals surface area contributed by atoms with E-state index in [9.17, 15) is 0 Å². The second kappa shape index (κ2) is 12.4. The van der Waals surface area contributed by atoms with Gasteiger partial charge in [-0.3, -0.25) is 0 Å². The summed E-state index contributed by atoms with van der Waals surface area (Å²) in [6.45, 7) is 0. The van der Waals surface area contributed by atoms with Crippen molar-refractivity contribution in [3.8, 4) is 5.69 Å². The highest BCUT2D eigenvalue weighted by Crippen LogP contribution is 2.45. The zero-order valence-electron chi connectivity index (χ0n) is 28.3. The number of hydrogen-bond acceptors (Lipinski definition) is 3. The fourth-order valence-corrected chi connectivity index (χ4v) is 7.66. The molecule has 10 rings (SSSR count). The molecule has 8 aromatic carbocycles. The molecule has 246 valence electrons. The Balaban J connectivity index is 1.17. The van der Waals surface area contributed by atoms with Crippen LogP contribution in [-0.4, -0.2) is 4.57 Å². The molecule has 0 bridgehead atoms. The zero-order valence-corrected chi connectivity index (χ0v) is 28.3. The molecule has 0 fully saturated rings. The second-order valence-electron chi connectivity index (χ2n) is 13.0. The van der Waals surface area contributed by atoms with E-state index in [2.05, 4.69) is 202 Å². The van der Waals surface area contributed by atoms with Crippen LogP contribution in [0.2, 0.25) is 0 Å². The Morgan fingerprint density at radius 3 is 1.65 bits per heavy atom. The Labute approximate surface area is 301 Å². The molecule has 4 nitrogen and oxygen atoms in total. The van der Waals surface area contributed by atoms with Crippen LogP contribution in [0.4, 0.5) is 34.1 Å². The van der Waals surface area contributed by atoms with Crippen molar-refractivity contribution >= 4 is 77.9 Å². The SMILES string of the molecule is c1ccc(N(c2cccc(N(c3ccccc3)c3cccc4c3oc3ccccc34)c2)c2ccc3c(c2)c2ccccc2n3-c2ccccc2)cc1. The Morgan fingerprint density at radius 2 is 0.885 bits per heavy atom. The number of hydrogen-bond donors (Lipinski definition) is 0. The molecular formula is C48H33N3O. The third-order valence-corrected chi connectivity index (χ3v) is 9.93. The largest absolute Gasteiger partial charge is 0.454 e. The number of rotatable bonds is 7. The summed E-state index contributed by atoms with van der Waals surface area (Å²) in [5.74, 6) is 0. The molecule has 4 heteroatoms.